The minimum absolute atomic E-state index is 0.0304. The normalized spacial score (nSPS) is 15.9. The summed E-state index contributed by atoms with van der Waals surface area (Å²) in [6.07, 6.45) is 8.41. The van der Waals surface area contributed by atoms with Gasteiger partial charge in [-0.2, -0.15) is 0 Å². The second-order valence-electron chi connectivity index (χ2n) is 12.7. The molecule has 0 aliphatic carbocycles. The lowest BCUT2D eigenvalue weighted by molar-refractivity contribution is 0.132. The molecular weight excluding hydrogens is 640 g/mol. The number of rotatable bonds is 27. The summed E-state index contributed by atoms with van der Waals surface area (Å²) in [5.74, 6) is 0.291. The molecule has 0 aromatic rings. The number of hydrogen-bond acceptors (Lipinski definition) is 10. The molecule has 2 fully saturated rings. The Morgan fingerprint density at radius 3 is 1.27 bits per heavy atom. The summed E-state index contributed by atoms with van der Waals surface area (Å²) in [5, 5.41) is 13.9. The highest BCUT2D eigenvalue weighted by Crippen LogP contribution is 2.09. The van der Waals surface area contributed by atoms with Crippen molar-refractivity contribution in [1.82, 2.24) is 31.5 Å². The van der Waals surface area contributed by atoms with Crippen LogP contribution < -0.4 is 26.6 Å². The Kier molecular flexibility index (Phi) is 22.4. The van der Waals surface area contributed by atoms with Crippen molar-refractivity contribution in [2.45, 2.75) is 103 Å². The molecule has 0 aromatic heterocycles. The number of imide groups is 1. The average molecular weight is 701 g/mol. The molecule has 0 saturated carbocycles. The van der Waals surface area contributed by atoms with Gasteiger partial charge >= 0.3 is 30.3 Å². The summed E-state index contributed by atoms with van der Waals surface area (Å²) in [6.45, 7) is 8.88. The monoisotopic (exact) mass is 700 g/mol. The van der Waals surface area contributed by atoms with Crippen LogP contribution in [-0.2, 0) is 23.7 Å². The second-order valence-corrected chi connectivity index (χ2v) is 12.7. The van der Waals surface area contributed by atoms with Gasteiger partial charge in [-0.3, -0.25) is 0 Å². The average Bonchev–Trinajstić information content (AvgIpc) is 4.01. The summed E-state index contributed by atoms with van der Waals surface area (Å²) in [6, 6.07) is -0.858. The molecule has 2 unspecified atom stereocenters. The van der Waals surface area contributed by atoms with Crippen LogP contribution in [0.4, 0.5) is 24.0 Å². The number of nitrogens with zero attached hydrogens (tertiary/aromatic N) is 1. The van der Waals surface area contributed by atoms with Crippen LogP contribution in [0, 0.1) is 5.92 Å². The first-order valence-electron chi connectivity index (χ1n) is 18.0. The third-order valence-electron chi connectivity index (χ3n) is 7.52. The third-order valence-corrected chi connectivity index (χ3v) is 7.52. The van der Waals surface area contributed by atoms with Crippen molar-refractivity contribution in [3.8, 4) is 0 Å². The van der Waals surface area contributed by atoms with E-state index in [1.165, 1.54) is 4.90 Å². The molecule has 0 spiro atoms. The quantitative estimate of drug-likeness (QED) is 0.0473. The number of hydrogen-bond donors (Lipinski definition) is 5. The number of unbranched alkanes of at least 4 members (excludes halogenated alkanes) is 9. The van der Waals surface area contributed by atoms with Crippen LogP contribution in [0.5, 0.6) is 0 Å². The molecule has 2 aliphatic rings. The lowest BCUT2D eigenvalue weighted by Gasteiger charge is -2.22. The van der Waals surface area contributed by atoms with Gasteiger partial charge in [-0.15, -0.1) is 0 Å². The molecule has 16 nitrogen and oxygen atoms in total. The number of nitrogens with one attached hydrogen (secondary N) is 5. The highest BCUT2D eigenvalue weighted by molar-refractivity contribution is 5.93. The zero-order valence-corrected chi connectivity index (χ0v) is 29.5. The molecule has 0 aromatic carbocycles. The predicted molar refractivity (Wildman–Crippen MR) is 181 cm³/mol. The van der Waals surface area contributed by atoms with Gasteiger partial charge in [0.25, 0.3) is 0 Å². The van der Waals surface area contributed by atoms with Crippen molar-refractivity contribution in [3.05, 3.63) is 0 Å². The van der Waals surface area contributed by atoms with Gasteiger partial charge in [-0.05, 0) is 44.4 Å². The summed E-state index contributed by atoms with van der Waals surface area (Å²) in [4.78, 5) is 62.0. The van der Waals surface area contributed by atoms with E-state index in [0.29, 0.717) is 64.9 Å². The van der Waals surface area contributed by atoms with E-state index in [1.807, 2.05) is 13.8 Å². The Morgan fingerprint density at radius 2 is 0.898 bits per heavy atom. The van der Waals surface area contributed by atoms with Crippen molar-refractivity contribution in [3.63, 3.8) is 0 Å². The van der Waals surface area contributed by atoms with E-state index in [0.717, 1.165) is 70.6 Å². The van der Waals surface area contributed by atoms with Crippen LogP contribution in [-0.4, -0.2) is 120 Å². The third kappa shape index (κ3) is 24.3. The Morgan fingerprint density at radius 1 is 0.551 bits per heavy atom. The number of urea groups is 2. The smallest absolute Gasteiger partial charge is 0.407 e. The Hall–Kier alpha value is -3.53. The number of ether oxygens (including phenoxy) is 5. The van der Waals surface area contributed by atoms with Crippen LogP contribution in [0.2, 0.25) is 0 Å². The van der Waals surface area contributed by atoms with Gasteiger partial charge in [0.2, 0.25) is 0 Å². The number of epoxide rings is 2. The molecular formula is C33H60N6O10. The fraction of sp³-hybridized carbons (Fsp3) is 0.848. The van der Waals surface area contributed by atoms with E-state index in [-0.39, 0.29) is 32.0 Å². The molecule has 2 aliphatic heterocycles. The molecule has 16 heteroatoms. The molecule has 2 atom stereocenters. The van der Waals surface area contributed by atoms with Gasteiger partial charge in [0.1, 0.15) is 25.4 Å². The van der Waals surface area contributed by atoms with Crippen LogP contribution in [0.15, 0.2) is 0 Å². The lowest BCUT2D eigenvalue weighted by atomic mass is 10.2. The van der Waals surface area contributed by atoms with Crippen molar-refractivity contribution < 1.29 is 47.7 Å². The van der Waals surface area contributed by atoms with Crippen LogP contribution in [0.3, 0.4) is 0 Å². The highest BCUT2D eigenvalue weighted by atomic mass is 16.6. The van der Waals surface area contributed by atoms with Gasteiger partial charge in [0, 0.05) is 39.3 Å². The van der Waals surface area contributed by atoms with E-state index in [4.69, 9.17) is 23.7 Å². The van der Waals surface area contributed by atoms with E-state index in [2.05, 4.69) is 26.6 Å². The number of carbonyl (C=O) groups is 5. The summed E-state index contributed by atoms with van der Waals surface area (Å²) < 4.78 is 25.2. The largest absolute Gasteiger partial charge is 0.449 e. The summed E-state index contributed by atoms with van der Waals surface area (Å²) >= 11 is 0. The van der Waals surface area contributed by atoms with Crippen molar-refractivity contribution in [2.75, 3.05) is 72.3 Å². The summed E-state index contributed by atoms with van der Waals surface area (Å²) in [7, 11) is 0. The Bertz CT molecular complexity index is 918. The maximum Gasteiger partial charge on any atom is 0.407 e. The zero-order chi connectivity index (χ0) is 35.5. The number of carbonyl (C=O) groups excluding carboxylic acids is 5. The topological polar surface area (TPSA) is 201 Å². The van der Waals surface area contributed by atoms with Gasteiger partial charge in [0.15, 0.2) is 0 Å². The van der Waals surface area contributed by atoms with E-state index < -0.39 is 30.3 Å². The zero-order valence-electron chi connectivity index (χ0n) is 29.5. The first kappa shape index (κ1) is 41.6. The first-order valence-corrected chi connectivity index (χ1v) is 18.0. The van der Waals surface area contributed by atoms with E-state index >= 15 is 0 Å². The lowest BCUT2D eigenvalue weighted by Crippen LogP contribution is -2.49. The fourth-order valence-corrected chi connectivity index (χ4v) is 4.46. The van der Waals surface area contributed by atoms with Crippen molar-refractivity contribution in [1.29, 1.82) is 0 Å². The maximum absolute atomic E-state index is 13.0. The van der Waals surface area contributed by atoms with Gasteiger partial charge in [-0.25, -0.2) is 28.9 Å². The van der Waals surface area contributed by atoms with Crippen LogP contribution >= 0.6 is 0 Å². The molecule has 0 bridgehead atoms. The van der Waals surface area contributed by atoms with E-state index in [1.54, 1.807) is 0 Å². The van der Waals surface area contributed by atoms with Crippen molar-refractivity contribution >= 4 is 30.3 Å². The van der Waals surface area contributed by atoms with Crippen molar-refractivity contribution in [2.24, 2.45) is 5.92 Å². The number of alkyl carbamates (subject to hydrolysis) is 3. The molecule has 49 heavy (non-hydrogen) atoms. The van der Waals surface area contributed by atoms with Gasteiger partial charge in [0.05, 0.1) is 19.8 Å². The summed E-state index contributed by atoms with van der Waals surface area (Å²) in [5.41, 5.74) is 0. The Labute approximate surface area is 290 Å². The number of amides is 7. The molecule has 2 heterocycles. The molecule has 5 N–H and O–H groups in total. The molecule has 282 valence electrons. The molecule has 0 radical (unpaired) electrons. The predicted octanol–water partition coefficient (Wildman–Crippen LogP) is 4.02. The van der Waals surface area contributed by atoms with Gasteiger partial charge in [-0.1, -0.05) is 52.4 Å². The highest BCUT2D eigenvalue weighted by Gasteiger charge is 2.25. The standard InChI is InChI=1S/C33H60N6O10/c1-26(2)21-47-31(42)36-17-11-5-3-9-15-34-29(40)39(20-14-8-7-13-19-38-33(44)49-25-28-23-46-28)30(41)35-16-10-4-6-12-18-37-32(43)48-24-27-22-45-27/h26-28H,3-25H2,1-2H3,(H,34,40)(H,35,41)(H,36,42)(H,37,43)(H,38,44). The van der Waals surface area contributed by atoms with Crippen LogP contribution in [0.1, 0.15) is 90.9 Å². The molecule has 2 saturated heterocycles. The minimum Gasteiger partial charge on any atom is -0.449 e. The van der Waals surface area contributed by atoms with Gasteiger partial charge < -0.3 is 50.3 Å². The van der Waals surface area contributed by atoms with E-state index in [9.17, 15) is 24.0 Å². The molecule has 7 amide bonds. The molecule has 2 rings (SSSR count). The Balaban J connectivity index is 1.59. The SMILES string of the molecule is CC(C)COC(=O)NCCCCCCNC(=O)N(CCCCCCNC(=O)OCC1CO1)C(=O)NCCCCCCNC(=O)OCC1CO1. The van der Waals surface area contributed by atoms with Crippen LogP contribution in [0.25, 0.3) is 0 Å². The second kappa shape index (κ2) is 26.4. The minimum atomic E-state index is -0.454. The fourth-order valence-electron chi connectivity index (χ4n) is 4.46. The maximum atomic E-state index is 13.0. The first-order chi connectivity index (χ1) is 23.7.